The molecule has 0 N–H and O–H groups in total. The first kappa shape index (κ1) is 16.4. The fourth-order valence-electron chi connectivity index (χ4n) is 2.47. The second kappa shape index (κ2) is 7.90. The van der Waals surface area contributed by atoms with Crippen LogP contribution in [-0.2, 0) is 0 Å². The monoisotopic (exact) mass is 420 g/mol. The number of fused-ring (bicyclic) bond motifs is 1. The van der Waals surface area contributed by atoms with Crippen molar-refractivity contribution in [3.63, 3.8) is 0 Å². The molecule has 0 saturated heterocycles. The minimum absolute atomic E-state index is 0.343. The van der Waals surface area contributed by atoms with Gasteiger partial charge in [-0.2, -0.15) is 11.3 Å². The summed E-state index contributed by atoms with van der Waals surface area (Å²) in [7, 11) is 0. The van der Waals surface area contributed by atoms with Gasteiger partial charge in [-0.1, -0.05) is 39.5 Å². The molecule has 1 unspecified atom stereocenters. The molecule has 0 aromatic carbocycles. The van der Waals surface area contributed by atoms with Crippen LogP contribution in [0.25, 0.3) is 10.1 Å². The highest BCUT2D eigenvalue weighted by Gasteiger charge is 2.18. The van der Waals surface area contributed by atoms with Gasteiger partial charge in [0.2, 0.25) is 0 Å². The fraction of sp³-hybridized carbons (Fsp3) is 0.562. The third kappa shape index (κ3) is 3.83. The molecule has 0 aliphatic heterocycles. The van der Waals surface area contributed by atoms with Gasteiger partial charge in [0.15, 0.2) is 5.78 Å². The van der Waals surface area contributed by atoms with E-state index in [-0.39, 0.29) is 0 Å². The summed E-state index contributed by atoms with van der Waals surface area (Å²) in [4.78, 5) is 13.4. The molecule has 2 aromatic heterocycles. The Morgan fingerprint density at radius 3 is 2.75 bits per heavy atom. The van der Waals surface area contributed by atoms with Crippen molar-refractivity contribution in [3.05, 3.63) is 19.2 Å². The molecule has 0 fully saturated rings. The van der Waals surface area contributed by atoms with Gasteiger partial charge in [0.25, 0.3) is 0 Å². The average Bonchev–Trinajstić information content (AvgIpc) is 3.02. The van der Waals surface area contributed by atoms with Crippen molar-refractivity contribution in [2.75, 3.05) is 0 Å². The SMILES string of the molecule is CCCCC(CC)CCC(=O)c1sc2cscc2c1I. The molecule has 1 atom stereocenters. The van der Waals surface area contributed by atoms with E-state index in [2.05, 4.69) is 47.2 Å². The zero-order chi connectivity index (χ0) is 14.5. The number of halogens is 1. The molecule has 2 aromatic rings. The van der Waals surface area contributed by atoms with Crippen LogP contribution in [0.4, 0.5) is 0 Å². The Balaban J connectivity index is 1.97. The predicted molar refractivity (Wildman–Crippen MR) is 99.3 cm³/mol. The molecule has 2 heterocycles. The topological polar surface area (TPSA) is 17.1 Å². The highest BCUT2D eigenvalue weighted by Crippen LogP contribution is 2.36. The first-order valence-corrected chi connectivity index (χ1v) is 10.2. The predicted octanol–water partition coefficient (Wildman–Crippen LogP) is 6.75. The molecule has 0 radical (unpaired) electrons. The van der Waals surface area contributed by atoms with Crippen LogP contribution < -0.4 is 0 Å². The van der Waals surface area contributed by atoms with Crippen molar-refractivity contribution < 1.29 is 4.79 Å². The molecule has 0 saturated carbocycles. The molecule has 0 bridgehead atoms. The van der Waals surface area contributed by atoms with Crippen molar-refractivity contribution in [2.45, 2.75) is 52.4 Å². The average molecular weight is 420 g/mol. The molecule has 20 heavy (non-hydrogen) atoms. The van der Waals surface area contributed by atoms with Gasteiger partial charge in [-0.25, -0.2) is 0 Å². The lowest BCUT2D eigenvalue weighted by atomic mass is 9.93. The molecule has 1 nitrogen and oxygen atoms in total. The Bertz CT molecular complexity index is 570. The molecule has 4 heteroatoms. The zero-order valence-electron chi connectivity index (χ0n) is 12.1. The van der Waals surface area contributed by atoms with E-state index in [0.717, 1.165) is 20.8 Å². The number of ketones is 1. The summed E-state index contributed by atoms with van der Waals surface area (Å²) in [6.45, 7) is 4.48. The molecule has 110 valence electrons. The largest absolute Gasteiger partial charge is 0.293 e. The summed E-state index contributed by atoms with van der Waals surface area (Å²) in [5.41, 5.74) is 0. The summed E-state index contributed by atoms with van der Waals surface area (Å²) in [5, 5.41) is 5.57. The number of carbonyl (C=O) groups is 1. The van der Waals surface area contributed by atoms with Gasteiger partial charge in [0.05, 0.1) is 4.88 Å². The summed E-state index contributed by atoms with van der Waals surface area (Å²) >= 11 is 5.72. The maximum absolute atomic E-state index is 12.4. The normalized spacial score (nSPS) is 12.9. The summed E-state index contributed by atoms with van der Waals surface area (Å²) < 4.78 is 2.43. The van der Waals surface area contributed by atoms with E-state index in [4.69, 9.17) is 0 Å². The van der Waals surface area contributed by atoms with E-state index < -0.39 is 0 Å². The van der Waals surface area contributed by atoms with Gasteiger partial charge in [-0.15, -0.1) is 11.3 Å². The lowest BCUT2D eigenvalue weighted by molar-refractivity contribution is 0.0975. The molecule has 2 rings (SSSR count). The van der Waals surface area contributed by atoms with Crippen molar-refractivity contribution in [2.24, 2.45) is 5.92 Å². The van der Waals surface area contributed by atoms with E-state index in [1.165, 1.54) is 35.8 Å². The second-order valence-corrected chi connectivity index (χ2v) is 8.15. The molecular weight excluding hydrogens is 399 g/mol. The van der Waals surface area contributed by atoms with Crippen LogP contribution in [0.3, 0.4) is 0 Å². The van der Waals surface area contributed by atoms with E-state index >= 15 is 0 Å². The lowest BCUT2D eigenvalue weighted by Gasteiger charge is -2.13. The van der Waals surface area contributed by atoms with E-state index in [9.17, 15) is 4.79 Å². The van der Waals surface area contributed by atoms with Crippen LogP contribution in [0.2, 0.25) is 0 Å². The number of carbonyl (C=O) groups excluding carboxylic acids is 1. The second-order valence-electron chi connectivity index (χ2n) is 5.27. The van der Waals surface area contributed by atoms with Gasteiger partial charge >= 0.3 is 0 Å². The van der Waals surface area contributed by atoms with Crippen LogP contribution in [0.1, 0.15) is 62.0 Å². The van der Waals surface area contributed by atoms with E-state index in [0.29, 0.717) is 12.2 Å². The Labute approximate surface area is 142 Å². The fourth-order valence-corrected chi connectivity index (χ4v) is 5.99. The van der Waals surface area contributed by atoms with Crippen molar-refractivity contribution >= 4 is 61.1 Å². The van der Waals surface area contributed by atoms with E-state index in [1.54, 1.807) is 22.7 Å². The smallest absolute Gasteiger partial charge is 0.173 e. The number of Topliss-reactive ketones (excluding diaryl/α,β-unsaturated/α-hetero) is 1. The zero-order valence-corrected chi connectivity index (χ0v) is 15.9. The van der Waals surface area contributed by atoms with Crippen molar-refractivity contribution in [1.82, 2.24) is 0 Å². The highest BCUT2D eigenvalue weighted by atomic mass is 127. The minimum atomic E-state index is 0.343. The van der Waals surface area contributed by atoms with Gasteiger partial charge < -0.3 is 0 Å². The summed E-state index contributed by atoms with van der Waals surface area (Å²) in [6, 6.07) is 0. The Morgan fingerprint density at radius 2 is 2.10 bits per heavy atom. The number of unbranched alkanes of at least 4 members (excludes halogenated alkanes) is 1. The van der Waals surface area contributed by atoms with Crippen LogP contribution in [-0.4, -0.2) is 5.78 Å². The standard InChI is InChI=1S/C16H21IOS2/c1-3-5-6-11(4-2)7-8-13(18)16-15(17)12-9-19-10-14(12)20-16/h9-11H,3-8H2,1-2H3. The lowest BCUT2D eigenvalue weighted by Crippen LogP contribution is -2.05. The van der Waals surface area contributed by atoms with Crippen LogP contribution in [0.15, 0.2) is 10.8 Å². The third-order valence-electron chi connectivity index (χ3n) is 3.85. The highest BCUT2D eigenvalue weighted by molar-refractivity contribution is 14.1. The van der Waals surface area contributed by atoms with Gasteiger partial charge in [-0.05, 0) is 34.9 Å². The number of hydrogen-bond acceptors (Lipinski definition) is 3. The first-order valence-electron chi connectivity index (χ1n) is 7.34. The van der Waals surface area contributed by atoms with Crippen LogP contribution in [0, 0.1) is 9.49 Å². The molecule has 0 spiro atoms. The molecule has 0 amide bonds. The first-order chi connectivity index (χ1) is 9.67. The molecular formula is C16H21IOS2. The van der Waals surface area contributed by atoms with Crippen LogP contribution in [0.5, 0.6) is 0 Å². The molecule has 0 aliphatic rings. The minimum Gasteiger partial charge on any atom is -0.293 e. The Kier molecular flexibility index (Phi) is 6.49. The quantitative estimate of drug-likeness (QED) is 0.341. The third-order valence-corrected chi connectivity index (χ3v) is 7.42. The Hall–Kier alpha value is 0.0600. The van der Waals surface area contributed by atoms with Crippen molar-refractivity contribution in [3.8, 4) is 0 Å². The maximum atomic E-state index is 12.4. The number of rotatable bonds is 8. The van der Waals surface area contributed by atoms with Crippen molar-refractivity contribution in [1.29, 1.82) is 0 Å². The molecule has 0 aliphatic carbocycles. The summed E-state index contributed by atoms with van der Waals surface area (Å²) in [6.07, 6.45) is 6.78. The number of thiophene rings is 2. The van der Waals surface area contributed by atoms with Gasteiger partial charge in [-0.3, -0.25) is 4.79 Å². The van der Waals surface area contributed by atoms with E-state index in [1.807, 2.05) is 0 Å². The number of hydrogen-bond donors (Lipinski definition) is 0. The summed E-state index contributed by atoms with van der Waals surface area (Å²) in [5.74, 6) is 1.06. The van der Waals surface area contributed by atoms with Crippen LogP contribution >= 0.6 is 45.3 Å². The van der Waals surface area contributed by atoms with Gasteiger partial charge in [0, 0.05) is 30.8 Å². The van der Waals surface area contributed by atoms with Gasteiger partial charge in [0.1, 0.15) is 0 Å². The Morgan fingerprint density at radius 1 is 1.30 bits per heavy atom. The maximum Gasteiger partial charge on any atom is 0.173 e.